The molecule has 14 heteroatoms. The molecule has 2 aliphatic heterocycles. The molecule has 4 aromatic carbocycles. The molecule has 0 bridgehead atoms. The Morgan fingerprint density at radius 1 is 0.619 bits per heavy atom. The number of hydrogen-bond donors (Lipinski definition) is 0. The Labute approximate surface area is 386 Å². The molecule has 5 heterocycles. The summed E-state index contributed by atoms with van der Waals surface area (Å²) in [5.41, 5.74) is 6.31. The topological polar surface area (TPSA) is 52.8 Å². The van der Waals surface area contributed by atoms with Gasteiger partial charge in [-0.2, -0.15) is 39.7 Å². The van der Waals surface area contributed by atoms with Crippen molar-refractivity contribution in [1.29, 1.82) is 0 Å². The van der Waals surface area contributed by atoms with Gasteiger partial charge in [0.15, 0.2) is 0 Å². The average Bonchev–Trinajstić information content (AvgIpc) is 3.97. The van der Waals surface area contributed by atoms with Gasteiger partial charge in [-0.1, -0.05) is 77.9 Å². The number of hydrogen-bond acceptors (Lipinski definition) is 6. The molecule has 0 spiro atoms. The maximum absolute atomic E-state index is 12.7. The molecule has 0 aliphatic carbocycles. The SMILES string of the molecule is FC(F)(F)c1ccc2[n-]c3ccc(C(F)(F)F)cc3c2c1.[2H]C([2H])([2H])N1[CH-]N(c2[c-]c(N3[CH-]N(C([2H])([2H])[2H])c4cccnc43)cc(-c3c(C(C)C)cc(C(C)C)cc3C(C)C)c2)c2ncccc21.[Pt+4]. The number of anilines is 6. The van der Waals surface area contributed by atoms with Crippen LogP contribution in [0.25, 0.3) is 32.9 Å². The molecule has 3 aromatic heterocycles. The molecular formula is C49H45F6N7Pt. The fraction of sp³-hybridized carbons (Fsp3) is 0.265. The van der Waals surface area contributed by atoms with Crippen molar-refractivity contribution in [3.8, 4) is 11.1 Å². The van der Waals surface area contributed by atoms with Crippen LogP contribution < -0.4 is 24.6 Å². The van der Waals surface area contributed by atoms with Crippen molar-refractivity contribution in [2.75, 3.05) is 33.6 Å². The van der Waals surface area contributed by atoms with Gasteiger partial charge in [0.2, 0.25) is 0 Å². The third kappa shape index (κ3) is 8.73. The molecule has 7 nitrogen and oxygen atoms in total. The Hall–Kier alpha value is -5.55. The Bertz CT molecular complexity index is 2840. The van der Waals surface area contributed by atoms with Crippen LogP contribution >= 0.6 is 0 Å². The van der Waals surface area contributed by atoms with E-state index < -0.39 is 37.4 Å². The number of benzene rings is 4. The molecule has 0 amide bonds. The van der Waals surface area contributed by atoms with Crippen LogP contribution in [0, 0.1) is 19.4 Å². The van der Waals surface area contributed by atoms with Crippen LogP contribution in [0.2, 0.25) is 0 Å². The van der Waals surface area contributed by atoms with Gasteiger partial charge in [0.1, 0.15) is 11.6 Å². The molecule has 0 unspecified atom stereocenters. The summed E-state index contributed by atoms with van der Waals surface area (Å²) in [5, 5.41) is 0.122. The molecule has 0 atom stereocenters. The first-order valence-electron chi connectivity index (χ1n) is 22.9. The quantitative estimate of drug-likeness (QED) is 0.121. The predicted molar refractivity (Wildman–Crippen MR) is 236 cm³/mol. The summed E-state index contributed by atoms with van der Waals surface area (Å²) < 4.78 is 125. The molecule has 9 rings (SSSR count). The van der Waals surface area contributed by atoms with E-state index in [0.29, 0.717) is 40.3 Å². The van der Waals surface area contributed by atoms with E-state index in [0.717, 1.165) is 47.5 Å². The third-order valence-electron chi connectivity index (χ3n) is 10.9. The van der Waals surface area contributed by atoms with E-state index in [-0.39, 0.29) is 54.7 Å². The minimum atomic E-state index is -4.56. The molecule has 0 saturated heterocycles. The van der Waals surface area contributed by atoms with E-state index in [4.69, 9.17) is 8.22 Å². The predicted octanol–water partition coefficient (Wildman–Crippen LogP) is 13.7. The van der Waals surface area contributed by atoms with Crippen LogP contribution in [0.1, 0.15) is 95.3 Å². The Morgan fingerprint density at radius 3 is 1.44 bits per heavy atom. The molecule has 0 saturated carbocycles. The van der Waals surface area contributed by atoms with Gasteiger partial charge in [-0.05, 0) is 101 Å². The molecule has 0 fully saturated rings. The zero-order chi connectivity index (χ0) is 49.4. The van der Waals surface area contributed by atoms with Crippen LogP contribution in [-0.4, -0.2) is 23.9 Å². The van der Waals surface area contributed by atoms with E-state index >= 15 is 0 Å². The van der Waals surface area contributed by atoms with Crippen molar-refractivity contribution >= 4 is 56.2 Å². The van der Waals surface area contributed by atoms with Crippen LogP contribution in [0.3, 0.4) is 0 Å². The molecule has 2 aliphatic rings. The van der Waals surface area contributed by atoms with E-state index in [2.05, 4.69) is 74.7 Å². The van der Waals surface area contributed by atoms with E-state index in [9.17, 15) is 26.3 Å². The summed E-state index contributed by atoms with van der Waals surface area (Å²) >= 11 is 0. The first-order chi connectivity index (χ1) is 31.7. The summed E-state index contributed by atoms with van der Waals surface area (Å²) in [6.45, 7) is 11.3. The normalized spacial score (nSPS) is 15.7. The number of nitrogens with zero attached hydrogens (tertiary/aromatic N) is 7. The fourth-order valence-electron chi connectivity index (χ4n) is 7.76. The Kier molecular flexibility index (Phi) is 10.4. The van der Waals surface area contributed by atoms with E-state index in [1.807, 2.05) is 12.1 Å². The summed E-state index contributed by atoms with van der Waals surface area (Å²) in [7, 11) is 0. The number of alkyl halides is 6. The van der Waals surface area contributed by atoms with Crippen LogP contribution in [0.15, 0.2) is 97.3 Å². The first-order valence-corrected chi connectivity index (χ1v) is 19.9. The zero-order valence-electron chi connectivity index (χ0n) is 40.8. The maximum Gasteiger partial charge on any atom is 4.00 e. The standard InChI is InChI=1S/C35H39N6.C14H6F6N.Pt/c1-22(2)25-17-29(23(3)4)33(30(18-25)24(5)6)26-15-27(40-20-38(7)31-11-9-13-36-34(31)40)19-28(16-26)41-21-39(8)32-12-10-14-37-35(32)41;15-13(16,17)7-1-3-11-9(5-7)10-6-8(14(18,19)20)2-4-12(10)21-11;/h9-18,20-24H,1-8H3;1-6H;/q-3;-1;+4/i7D3,8D3;;. The van der Waals surface area contributed by atoms with Crippen molar-refractivity contribution < 1.29 is 55.6 Å². The van der Waals surface area contributed by atoms with Crippen LogP contribution in [0.4, 0.5) is 60.7 Å². The van der Waals surface area contributed by atoms with E-state index in [1.165, 1.54) is 39.8 Å². The minimum absolute atomic E-state index is 0. The average molecular weight is 1050 g/mol. The maximum atomic E-state index is 12.7. The second-order valence-electron chi connectivity index (χ2n) is 16.2. The monoisotopic (exact) mass is 1050 g/mol. The van der Waals surface area contributed by atoms with Gasteiger partial charge in [-0.25, -0.2) is 9.97 Å². The molecule has 7 aromatic rings. The molecule has 63 heavy (non-hydrogen) atoms. The minimum Gasteiger partial charge on any atom is -0.657 e. The summed E-state index contributed by atoms with van der Waals surface area (Å²) in [6, 6.07) is 24.7. The second kappa shape index (κ2) is 17.2. The van der Waals surface area contributed by atoms with Crippen molar-refractivity contribution in [2.24, 2.45) is 0 Å². The Balaban J connectivity index is 0.000000267. The number of pyridine rings is 2. The summed E-state index contributed by atoms with van der Waals surface area (Å²) in [4.78, 5) is 19.1. The van der Waals surface area contributed by atoms with Gasteiger partial charge in [0.25, 0.3) is 0 Å². The van der Waals surface area contributed by atoms with Crippen molar-refractivity contribution in [2.45, 2.75) is 71.6 Å². The van der Waals surface area contributed by atoms with Crippen molar-refractivity contribution in [3.63, 3.8) is 0 Å². The number of fused-ring (bicyclic) bond motifs is 5. The fourth-order valence-corrected chi connectivity index (χ4v) is 7.76. The van der Waals surface area contributed by atoms with Crippen LogP contribution in [-0.2, 0) is 33.4 Å². The Morgan fingerprint density at radius 2 is 1.06 bits per heavy atom. The van der Waals surface area contributed by atoms with Gasteiger partial charge in [0.05, 0.1) is 11.1 Å². The number of halogens is 6. The summed E-state index contributed by atoms with van der Waals surface area (Å²) in [5.74, 6) is 1.67. The van der Waals surface area contributed by atoms with Gasteiger partial charge >= 0.3 is 33.4 Å². The molecule has 328 valence electrons. The largest absolute Gasteiger partial charge is 4.00 e. The van der Waals surface area contributed by atoms with Crippen LogP contribution in [0.5, 0.6) is 0 Å². The molecule has 0 radical (unpaired) electrons. The smallest absolute Gasteiger partial charge is 0.657 e. The summed E-state index contributed by atoms with van der Waals surface area (Å²) in [6.07, 6.45) is -5.85. The molecular weight excluding hydrogens is 996 g/mol. The number of aromatic nitrogens is 3. The van der Waals surface area contributed by atoms with Gasteiger partial charge in [-0.15, -0.1) is 46.2 Å². The van der Waals surface area contributed by atoms with E-state index in [1.54, 1.807) is 46.5 Å². The van der Waals surface area contributed by atoms with Gasteiger partial charge in [-0.3, -0.25) is 0 Å². The number of rotatable bonds is 6. The first kappa shape index (κ1) is 38.0. The third-order valence-corrected chi connectivity index (χ3v) is 10.9. The van der Waals surface area contributed by atoms with Crippen molar-refractivity contribution in [1.82, 2.24) is 15.0 Å². The zero-order valence-corrected chi connectivity index (χ0v) is 37.1. The van der Waals surface area contributed by atoms with Gasteiger partial charge in [0, 0.05) is 32.0 Å². The molecule has 0 N–H and O–H groups in total. The second-order valence-corrected chi connectivity index (χ2v) is 16.2. The van der Waals surface area contributed by atoms with Crippen molar-refractivity contribution in [3.05, 3.63) is 145 Å². The van der Waals surface area contributed by atoms with Gasteiger partial charge < -0.3 is 24.6 Å².